The fourth-order valence-corrected chi connectivity index (χ4v) is 3.72. The van der Waals surface area contributed by atoms with Crippen LogP contribution in [0.3, 0.4) is 0 Å². The number of methoxy groups -OCH3 is 1. The molecular weight excluding hydrogens is 343 g/mol. The molecule has 0 saturated carbocycles. The number of anilines is 1. The molecule has 0 amide bonds. The van der Waals surface area contributed by atoms with Gasteiger partial charge < -0.3 is 15.0 Å². The smallest absolute Gasteiger partial charge is 0.383 e. The summed E-state index contributed by atoms with van der Waals surface area (Å²) in [6, 6.07) is 6.42. The molecule has 1 aliphatic heterocycles. The van der Waals surface area contributed by atoms with Crippen LogP contribution in [0.25, 0.3) is 10.9 Å². The van der Waals surface area contributed by atoms with E-state index in [-0.39, 0.29) is 11.6 Å². The molecule has 2 unspecified atom stereocenters. The lowest BCUT2D eigenvalue weighted by atomic mass is 9.94. The van der Waals surface area contributed by atoms with E-state index in [1.54, 1.807) is 25.3 Å². The van der Waals surface area contributed by atoms with Crippen molar-refractivity contribution in [3.05, 3.63) is 36.0 Å². The van der Waals surface area contributed by atoms with Gasteiger partial charge in [-0.1, -0.05) is 6.92 Å². The number of nitrogens with zero attached hydrogens (tertiary/aromatic N) is 2. The first-order valence-corrected chi connectivity index (χ1v) is 8.82. The molecule has 2 aromatic rings. The van der Waals surface area contributed by atoms with Gasteiger partial charge >= 0.3 is 6.18 Å². The molecule has 2 heterocycles. The fourth-order valence-electron chi connectivity index (χ4n) is 3.72. The number of benzene rings is 1. The molecule has 0 aliphatic carbocycles. The monoisotopic (exact) mass is 367 g/mol. The minimum atomic E-state index is -4.41. The van der Waals surface area contributed by atoms with Gasteiger partial charge in [-0.15, -0.1) is 0 Å². The normalized spacial score (nSPS) is 21.3. The van der Waals surface area contributed by atoms with Gasteiger partial charge in [0.2, 0.25) is 0 Å². The molecule has 1 aromatic carbocycles. The molecule has 1 aromatic heterocycles. The predicted octanol–water partition coefficient (Wildman–Crippen LogP) is 3.70. The van der Waals surface area contributed by atoms with Crippen molar-refractivity contribution in [1.82, 2.24) is 10.3 Å². The fraction of sp³-hybridized carbons (Fsp3) is 0.526. The second kappa shape index (κ2) is 7.80. The van der Waals surface area contributed by atoms with Crippen LogP contribution in [0.2, 0.25) is 0 Å². The van der Waals surface area contributed by atoms with Crippen molar-refractivity contribution in [2.75, 3.05) is 38.3 Å². The third-order valence-corrected chi connectivity index (χ3v) is 4.79. The highest BCUT2D eigenvalue weighted by Crippen LogP contribution is 2.38. The molecule has 2 atom stereocenters. The number of fused-ring (bicyclic) bond motifs is 1. The van der Waals surface area contributed by atoms with Crippen LogP contribution in [-0.4, -0.2) is 44.4 Å². The molecule has 1 N–H and O–H groups in total. The van der Waals surface area contributed by atoms with Gasteiger partial charge in [-0.3, -0.25) is 4.98 Å². The summed E-state index contributed by atoms with van der Waals surface area (Å²) in [4.78, 5) is 6.19. The van der Waals surface area contributed by atoms with Crippen LogP contribution in [0.5, 0.6) is 0 Å². The minimum Gasteiger partial charge on any atom is -0.383 e. The number of piperidine rings is 1. The number of rotatable bonds is 5. The Bertz CT molecular complexity index is 750. The number of pyridine rings is 1. The zero-order valence-corrected chi connectivity index (χ0v) is 15.0. The van der Waals surface area contributed by atoms with Crippen molar-refractivity contribution in [3.63, 3.8) is 0 Å². The second-order valence-electron chi connectivity index (χ2n) is 6.92. The van der Waals surface area contributed by atoms with E-state index < -0.39 is 11.7 Å². The Balaban J connectivity index is 1.92. The summed E-state index contributed by atoms with van der Waals surface area (Å²) < 4.78 is 45.0. The molecule has 142 valence electrons. The lowest BCUT2D eigenvalue weighted by Crippen LogP contribution is -2.49. The van der Waals surface area contributed by atoms with Crippen molar-refractivity contribution < 1.29 is 17.9 Å². The van der Waals surface area contributed by atoms with E-state index in [1.807, 2.05) is 0 Å². The van der Waals surface area contributed by atoms with Gasteiger partial charge in [-0.2, -0.15) is 13.2 Å². The maximum absolute atomic E-state index is 13.3. The largest absolute Gasteiger partial charge is 0.418 e. The zero-order valence-electron chi connectivity index (χ0n) is 15.0. The lowest BCUT2D eigenvalue weighted by Gasteiger charge is -2.39. The Hall–Kier alpha value is -1.86. The summed E-state index contributed by atoms with van der Waals surface area (Å²) in [5, 5.41) is 4.02. The molecule has 1 aliphatic rings. The van der Waals surface area contributed by atoms with Crippen molar-refractivity contribution in [3.8, 4) is 0 Å². The quantitative estimate of drug-likeness (QED) is 0.818. The minimum absolute atomic E-state index is 0.0135. The van der Waals surface area contributed by atoms with E-state index in [1.165, 1.54) is 6.20 Å². The number of halogens is 3. The Morgan fingerprint density at radius 2 is 2.08 bits per heavy atom. The van der Waals surface area contributed by atoms with Crippen LogP contribution in [0.15, 0.2) is 30.5 Å². The molecule has 3 rings (SSSR count). The van der Waals surface area contributed by atoms with Crippen molar-refractivity contribution in [2.45, 2.75) is 25.6 Å². The van der Waals surface area contributed by atoms with Gasteiger partial charge in [0.25, 0.3) is 0 Å². The van der Waals surface area contributed by atoms with Crippen LogP contribution in [-0.2, 0) is 10.9 Å². The molecule has 1 fully saturated rings. The third-order valence-electron chi connectivity index (χ3n) is 4.79. The standard InChI is InChI=1S/C19H24F3N3O/c1-13-10-14(23-8-9-26-2)12-25(11-13)17-6-5-16(19(20,21)22)18-15(17)4-3-7-24-18/h3-7,13-14,23H,8-12H2,1-2H3. The molecule has 0 spiro atoms. The number of aromatic nitrogens is 1. The maximum Gasteiger partial charge on any atom is 0.418 e. The summed E-state index contributed by atoms with van der Waals surface area (Å²) in [5.74, 6) is 0.442. The summed E-state index contributed by atoms with van der Waals surface area (Å²) in [6.07, 6.45) is -1.96. The Morgan fingerprint density at radius 3 is 2.81 bits per heavy atom. The highest BCUT2D eigenvalue weighted by Gasteiger charge is 2.34. The molecule has 1 saturated heterocycles. The topological polar surface area (TPSA) is 37.4 Å². The van der Waals surface area contributed by atoms with Gasteiger partial charge in [-0.05, 0) is 36.6 Å². The van der Waals surface area contributed by atoms with Gasteiger partial charge in [0.1, 0.15) is 0 Å². The Morgan fingerprint density at radius 1 is 1.27 bits per heavy atom. The Labute approximate surface area is 151 Å². The molecule has 4 nitrogen and oxygen atoms in total. The lowest BCUT2D eigenvalue weighted by molar-refractivity contribution is -0.136. The van der Waals surface area contributed by atoms with Crippen molar-refractivity contribution >= 4 is 16.6 Å². The van der Waals surface area contributed by atoms with E-state index in [4.69, 9.17) is 4.74 Å². The SMILES string of the molecule is COCCNC1CC(C)CN(c2ccc(C(F)(F)F)c3ncccc23)C1. The number of hydrogen-bond donors (Lipinski definition) is 1. The number of alkyl halides is 3. The molecule has 0 radical (unpaired) electrons. The van der Waals surface area contributed by atoms with Crippen LogP contribution in [0.4, 0.5) is 18.9 Å². The summed E-state index contributed by atoms with van der Waals surface area (Å²) >= 11 is 0. The molecular formula is C19H24F3N3O. The van der Waals surface area contributed by atoms with Gasteiger partial charge in [0.05, 0.1) is 17.7 Å². The average Bonchev–Trinajstić information content (AvgIpc) is 2.59. The third kappa shape index (κ3) is 4.10. The predicted molar refractivity (Wildman–Crippen MR) is 96.4 cm³/mol. The zero-order chi connectivity index (χ0) is 18.7. The van der Waals surface area contributed by atoms with Crippen molar-refractivity contribution in [1.29, 1.82) is 0 Å². The van der Waals surface area contributed by atoms with E-state index >= 15 is 0 Å². The van der Waals surface area contributed by atoms with Gasteiger partial charge in [0.15, 0.2) is 0 Å². The van der Waals surface area contributed by atoms with Crippen LogP contribution >= 0.6 is 0 Å². The number of nitrogens with one attached hydrogen (secondary N) is 1. The summed E-state index contributed by atoms with van der Waals surface area (Å²) in [7, 11) is 1.67. The first kappa shape index (κ1) is 18.9. The molecule has 7 heteroatoms. The van der Waals surface area contributed by atoms with E-state index in [9.17, 15) is 13.2 Å². The summed E-state index contributed by atoms with van der Waals surface area (Å²) in [5.41, 5.74) is 0.141. The number of ether oxygens (including phenoxy) is 1. The number of hydrogen-bond acceptors (Lipinski definition) is 4. The average molecular weight is 367 g/mol. The summed E-state index contributed by atoms with van der Waals surface area (Å²) in [6.45, 7) is 5.14. The van der Waals surface area contributed by atoms with Crippen LogP contribution in [0, 0.1) is 5.92 Å². The van der Waals surface area contributed by atoms with Crippen LogP contribution < -0.4 is 10.2 Å². The van der Waals surface area contributed by atoms with Gasteiger partial charge in [0, 0.05) is 50.1 Å². The second-order valence-corrected chi connectivity index (χ2v) is 6.92. The Kier molecular flexibility index (Phi) is 5.67. The van der Waals surface area contributed by atoms with E-state index in [2.05, 4.69) is 22.1 Å². The molecule has 0 bridgehead atoms. The maximum atomic E-state index is 13.3. The van der Waals surface area contributed by atoms with Crippen molar-refractivity contribution in [2.24, 2.45) is 5.92 Å². The van der Waals surface area contributed by atoms with E-state index in [0.717, 1.165) is 37.8 Å². The molecule has 26 heavy (non-hydrogen) atoms. The van der Waals surface area contributed by atoms with Crippen LogP contribution in [0.1, 0.15) is 18.9 Å². The van der Waals surface area contributed by atoms with Gasteiger partial charge in [-0.25, -0.2) is 0 Å². The highest BCUT2D eigenvalue weighted by atomic mass is 19.4. The highest BCUT2D eigenvalue weighted by molar-refractivity contribution is 5.94. The first-order chi connectivity index (χ1) is 12.4. The first-order valence-electron chi connectivity index (χ1n) is 8.82. The van der Waals surface area contributed by atoms with E-state index in [0.29, 0.717) is 17.9 Å².